The van der Waals surface area contributed by atoms with Crippen LogP contribution in [0.3, 0.4) is 0 Å². The van der Waals surface area contributed by atoms with Gasteiger partial charge in [-0.2, -0.15) is 0 Å². The molecule has 130 valence electrons. The molecule has 2 aromatic carbocycles. The topological polar surface area (TPSA) is 100 Å². The highest BCUT2D eigenvalue weighted by molar-refractivity contribution is 6.11. The molecule has 0 aliphatic carbocycles. The Morgan fingerprint density at radius 1 is 1.04 bits per heavy atom. The van der Waals surface area contributed by atoms with Gasteiger partial charge in [0.2, 0.25) is 0 Å². The van der Waals surface area contributed by atoms with Crippen LogP contribution in [0.1, 0.15) is 6.42 Å². The first-order valence-corrected chi connectivity index (χ1v) is 8.23. The van der Waals surface area contributed by atoms with Gasteiger partial charge >= 0.3 is 0 Å². The molecule has 0 fully saturated rings. The molecule has 0 unspecified atom stereocenters. The van der Waals surface area contributed by atoms with Crippen LogP contribution in [-0.4, -0.2) is 41.3 Å². The van der Waals surface area contributed by atoms with Crippen LogP contribution in [0, 0.1) is 10.1 Å². The average molecular weight is 340 g/mol. The second-order valence-electron chi connectivity index (χ2n) is 5.69. The number of aliphatic hydroxyl groups excluding tert-OH is 1. The number of nitrogens with zero attached hydrogens (tertiary/aromatic N) is 2. The summed E-state index contributed by atoms with van der Waals surface area (Å²) in [6, 6.07) is 12.6. The summed E-state index contributed by atoms with van der Waals surface area (Å²) in [5.41, 5.74) is 2.21. The molecule has 0 aliphatic rings. The molecule has 0 saturated heterocycles. The van der Waals surface area contributed by atoms with Crippen LogP contribution in [0.25, 0.3) is 21.8 Å². The third kappa shape index (κ3) is 3.67. The first-order chi connectivity index (χ1) is 12.2. The Morgan fingerprint density at radius 2 is 1.84 bits per heavy atom. The summed E-state index contributed by atoms with van der Waals surface area (Å²) in [4.78, 5) is 15.7. The van der Waals surface area contributed by atoms with Crippen LogP contribution in [0.4, 0.5) is 11.4 Å². The van der Waals surface area contributed by atoms with Crippen LogP contribution in [0.2, 0.25) is 0 Å². The van der Waals surface area contributed by atoms with Gasteiger partial charge in [-0.05, 0) is 25.1 Å². The van der Waals surface area contributed by atoms with Crippen molar-refractivity contribution in [2.75, 3.05) is 31.6 Å². The van der Waals surface area contributed by atoms with E-state index >= 15 is 0 Å². The van der Waals surface area contributed by atoms with E-state index in [4.69, 9.17) is 5.11 Å². The first kappa shape index (κ1) is 17.1. The van der Waals surface area contributed by atoms with E-state index < -0.39 is 0 Å². The minimum absolute atomic E-state index is 0.0525. The highest BCUT2D eigenvalue weighted by Gasteiger charge is 2.18. The van der Waals surface area contributed by atoms with Crippen LogP contribution in [0.5, 0.6) is 0 Å². The van der Waals surface area contributed by atoms with Gasteiger partial charge in [0.1, 0.15) is 5.39 Å². The van der Waals surface area contributed by atoms with Crippen LogP contribution < -0.4 is 10.6 Å². The number of non-ortho nitro benzene ring substituents is 1. The number of benzene rings is 2. The number of anilines is 1. The Hall–Kier alpha value is -2.77. The number of aliphatic hydroxyl groups is 1. The zero-order valence-corrected chi connectivity index (χ0v) is 13.7. The van der Waals surface area contributed by atoms with Crippen molar-refractivity contribution in [2.24, 2.45) is 0 Å². The van der Waals surface area contributed by atoms with Crippen molar-refractivity contribution in [1.29, 1.82) is 0 Å². The van der Waals surface area contributed by atoms with Crippen molar-refractivity contribution in [2.45, 2.75) is 6.42 Å². The highest BCUT2D eigenvalue weighted by atomic mass is 16.6. The Labute approximate surface area is 144 Å². The van der Waals surface area contributed by atoms with Crippen molar-refractivity contribution in [3.05, 3.63) is 52.6 Å². The number of aromatic nitrogens is 1. The second kappa shape index (κ2) is 7.87. The van der Waals surface area contributed by atoms with Gasteiger partial charge in [0.15, 0.2) is 0 Å². The fourth-order valence-corrected chi connectivity index (χ4v) is 2.89. The quantitative estimate of drug-likeness (QED) is 0.252. The monoisotopic (exact) mass is 340 g/mol. The van der Waals surface area contributed by atoms with E-state index in [9.17, 15) is 10.1 Å². The van der Waals surface area contributed by atoms with Crippen molar-refractivity contribution >= 4 is 33.2 Å². The summed E-state index contributed by atoms with van der Waals surface area (Å²) < 4.78 is 0. The molecule has 3 aromatic rings. The Bertz CT molecular complexity index is 898. The second-order valence-corrected chi connectivity index (χ2v) is 5.69. The van der Waals surface area contributed by atoms with E-state index in [0.29, 0.717) is 24.0 Å². The number of nitro groups is 1. The maximum absolute atomic E-state index is 11.5. The zero-order valence-electron chi connectivity index (χ0n) is 13.7. The van der Waals surface area contributed by atoms with Crippen molar-refractivity contribution in [1.82, 2.24) is 10.3 Å². The molecule has 3 rings (SSSR count). The summed E-state index contributed by atoms with van der Waals surface area (Å²) >= 11 is 0. The smallest absolute Gasteiger partial charge is 0.280 e. The largest absolute Gasteiger partial charge is 0.395 e. The molecule has 0 spiro atoms. The maximum Gasteiger partial charge on any atom is 0.280 e. The molecule has 0 saturated carbocycles. The van der Waals surface area contributed by atoms with Crippen molar-refractivity contribution in [3.8, 4) is 0 Å². The minimum Gasteiger partial charge on any atom is -0.395 e. The lowest BCUT2D eigenvalue weighted by molar-refractivity contribution is -0.383. The summed E-state index contributed by atoms with van der Waals surface area (Å²) in [6.45, 7) is 2.09. The Morgan fingerprint density at radius 3 is 2.64 bits per heavy atom. The van der Waals surface area contributed by atoms with Gasteiger partial charge in [-0.25, -0.2) is 4.98 Å². The summed E-state index contributed by atoms with van der Waals surface area (Å²) in [5, 5.41) is 28.1. The molecule has 7 heteroatoms. The minimum atomic E-state index is -0.368. The van der Waals surface area contributed by atoms with Crippen LogP contribution in [0.15, 0.2) is 42.5 Å². The third-order valence-electron chi connectivity index (χ3n) is 4.00. The number of fused-ring (bicyclic) bond motifs is 2. The van der Waals surface area contributed by atoms with Gasteiger partial charge in [0.25, 0.3) is 5.69 Å². The van der Waals surface area contributed by atoms with E-state index in [2.05, 4.69) is 15.6 Å². The molecule has 25 heavy (non-hydrogen) atoms. The maximum atomic E-state index is 11.5. The van der Waals surface area contributed by atoms with E-state index in [0.717, 1.165) is 29.6 Å². The summed E-state index contributed by atoms with van der Waals surface area (Å²) in [6.07, 6.45) is 0.832. The molecule has 0 aliphatic heterocycles. The zero-order chi connectivity index (χ0) is 17.6. The van der Waals surface area contributed by atoms with E-state index in [1.165, 1.54) is 6.07 Å². The fourth-order valence-electron chi connectivity index (χ4n) is 2.89. The molecule has 0 radical (unpaired) electrons. The molecule has 0 atom stereocenters. The fraction of sp³-hybridized carbons (Fsp3) is 0.278. The predicted octanol–water partition coefficient (Wildman–Crippen LogP) is 2.68. The highest BCUT2D eigenvalue weighted by Crippen LogP contribution is 2.36. The number of hydrogen-bond acceptors (Lipinski definition) is 6. The van der Waals surface area contributed by atoms with Crippen LogP contribution >= 0.6 is 0 Å². The normalized spacial score (nSPS) is 11.1. The average Bonchev–Trinajstić information content (AvgIpc) is 2.63. The molecule has 3 N–H and O–H groups in total. The van der Waals surface area contributed by atoms with Gasteiger partial charge in [0.05, 0.1) is 28.3 Å². The third-order valence-corrected chi connectivity index (χ3v) is 4.00. The molecule has 0 bridgehead atoms. The lowest BCUT2D eigenvalue weighted by atomic mass is 10.1. The number of para-hydroxylation sites is 1. The Balaban J connectivity index is 2.00. The van der Waals surface area contributed by atoms with E-state index in [1.807, 2.05) is 24.3 Å². The lowest BCUT2D eigenvalue weighted by Crippen LogP contribution is -2.21. The van der Waals surface area contributed by atoms with Crippen LogP contribution in [-0.2, 0) is 0 Å². The summed E-state index contributed by atoms with van der Waals surface area (Å²) in [5.74, 6) is 0. The Kier molecular flexibility index (Phi) is 5.37. The number of hydrogen-bond donors (Lipinski definition) is 3. The molecular weight excluding hydrogens is 320 g/mol. The number of rotatable bonds is 8. The molecule has 7 nitrogen and oxygen atoms in total. The van der Waals surface area contributed by atoms with Crippen molar-refractivity contribution in [3.63, 3.8) is 0 Å². The molecule has 1 heterocycles. The van der Waals surface area contributed by atoms with Crippen molar-refractivity contribution < 1.29 is 10.0 Å². The SMILES string of the molecule is O=[N+]([O-])c1cccc2nc3ccccc3c(NCCCNCCO)c12. The summed E-state index contributed by atoms with van der Waals surface area (Å²) in [7, 11) is 0. The molecular formula is C18H20N4O3. The molecule has 1 aromatic heterocycles. The van der Waals surface area contributed by atoms with Gasteiger partial charge in [0, 0.05) is 24.5 Å². The number of pyridine rings is 1. The first-order valence-electron chi connectivity index (χ1n) is 8.23. The van der Waals surface area contributed by atoms with Gasteiger partial charge in [-0.15, -0.1) is 0 Å². The van der Waals surface area contributed by atoms with E-state index in [-0.39, 0.29) is 17.2 Å². The lowest BCUT2D eigenvalue weighted by Gasteiger charge is -2.13. The predicted molar refractivity (Wildman–Crippen MR) is 99.0 cm³/mol. The van der Waals surface area contributed by atoms with Gasteiger partial charge in [-0.3, -0.25) is 10.1 Å². The number of nitro benzene ring substituents is 1. The number of nitrogens with one attached hydrogen (secondary N) is 2. The van der Waals surface area contributed by atoms with Gasteiger partial charge in [-0.1, -0.05) is 24.3 Å². The van der Waals surface area contributed by atoms with Gasteiger partial charge < -0.3 is 15.7 Å². The molecule has 0 amide bonds. The van der Waals surface area contributed by atoms with E-state index in [1.54, 1.807) is 12.1 Å². The standard InChI is InChI=1S/C18H20N4O3/c23-12-11-19-9-4-10-20-18-13-5-1-2-6-14(13)21-15-7-3-8-16(17(15)18)22(24)25/h1-3,5-8,19,23H,4,9-12H2,(H,20,21).